The van der Waals surface area contributed by atoms with Gasteiger partial charge in [0.25, 0.3) is 5.91 Å². The first-order valence-electron chi connectivity index (χ1n) is 9.12. The molecule has 2 aromatic carbocycles. The minimum atomic E-state index is -0.245. The van der Waals surface area contributed by atoms with Crippen molar-refractivity contribution >= 4 is 33.7 Å². The first kappa shape index (κ1) is 21.8. The first-order valence-corrected chi connectivity index (χ1v) is 9.91. The molecular weight excluding hydrogens is 422 g/mol. The van der Waals surface area contributed by atoms with E-state index in [1.165, 1.54) is 0 Å². The summed E-state index contributed by atoms with van der Waals surface area (Å²) in [6.07, 6.45) is 1.64. The Morgan fingerprint density at radius 1 is 1.07 bits per heavy atom. The summed E-state index contributed by atoms with van der Waals surface area (Å²) < 4.78 is 12.5. The molecule has 0 aliphatic rings. The number of rotatable bonds is 9. The highest BCUT2D eigenvalue weighted by Gasteiger charge is 2.08. The van der Waals surface area contributed by atoms with Crippen molar-refractivity contribution in [3.05, 3.63) is 52.5 Å². The van der Waals surface area contributed by atoms with Crippen molar-refractivity contribution < 1.29 is 14.3 Å². The van der Waals surface area contributed by atoms with Gasteiger partial charge in [-0.25, -0.2) is 5.43 Å². The fourth-order valence-electron chi connectivity index (χ4n) is 2.29. The van der Waals surface area contributed by atoms with Gasteiger partial charge < -0.3 is 14.8 Å². The van der Waals surface area contributed by atoms with Crippen molar-refractivity contribution in [1.82, 2.24) is 5.43 Å². The van der Waals surface area contributed by atoms with Gasteiger partial charge in [-0.05, 0) is 64.1 Å². The SMILES string of the molecule is CC(C)Oc1ccc(/C=N\NC(=O)CNc2ccc(Br)cc2)c(OC(C)C)c1. The minimum Gasteiger partial charge on any atom is -0.491 e. The zero-order valence-corrected chi connectivity index (χ0v) is 18.1. The summed E-state index contributed by atoms with van der Waals surface area (Å²) in [5, 5.41) is 7.07. The van der Waals surface area contributed by atoms with E-state index >= 15 is 0 Å². The summed E-state index contributed by atoms with van der Waals surface area (Å²) in [5.74, 6) is 1.13. The number of amides is 1. The van der Waals surface area contributed by atoms with Gasteiger partial charge >= 0.3 is 0 Å². The van der Waals surface area contributed by atoms with Gasteiger partial charge in [0, 0.05) is 21.8 Å². The standard InChI is InChI=1S/C21H26BrN3O3/c1-14(2)27-19-10-5-16(20(11-19)28-15(3)4)12-24-25-21(26)13-23-18-8-6-17(22)7-9-18/h5-12,14-15,23H,13H2,1-4H3,(H,25,26)/b24-12-. The lowest BCUT2D eigenvalue weighted by Crippen LogP contribution is -2.25. The van der Waals surface area contributed by atoms with Gasteiger partial charge in [0.2, 0.25) is 0 Å². The Hall–Kier alpha value is -2.54. The highest BCUT2D eigenvalue weighted by molar-refractivity contribution is 9.10. The lowest BCUT2D eigenvalue weighted by atomic mass is 10.2. The van der Waals surface area contributed by atoms with Crippen LogP contribution in [0.15, 0.2) is 52.0 Å². The number of nitrogens with one attached hydrogen (secondary N) is 2. The number of carbonyl (C=O) groups is 1. The van der Waals surface area contributed by atoms with Crippen LogP contribution in [-0.4, -0.2) is 30.9 Å². The molecule has 7 heteroatoms. The monoisotopic (exact) mass is 447 g/mol. The number of benzene rings is 2. The second kappa shape index (κ2) is 10.7. The molecule has 2 aromatic rings. The number of hydrazone groups is 1. The maximum atomic E-state index is 12.0. The number of hydrogen-bond acceptors (Lipinski definition) is 5. The zero-order valence-electron chi connectivity index (χ0n) is 16.5. The summed E-state index contributed by atoms with van der Waals surface area (Å²) in [4.78, 5) is 12.0. The molecule has 0 radical (unpaired) electrons. The minimum absolute atomic E-state index is 0.00569. The number of halogens is 1. The largest absolute Gasteiger partial charge is 0.491 e. The number of ether oxygens (including phenoxy) is 2. The van der Waals surface area contributed by atoms with Crippen LogP contribution in [0.5, 0.6) is 11.5 Å². The number of hydrogen-bond donors (Lipinski definition) is 2. The third kappa shape index (κ3) is 7.60. The lowest BCUT2D eigenvalue weighted by molar-refractivity contribution is -0.119. The highest BCUT2D eigenvalue weighted by atomic mass is 79.9. The van der Waals surface area contributed by atoms with E-state index in [9.17, 15) is 4.79 Å². The molecular formula is C21H26BrN3O3. The average Bonchev–Trinajstić information content (AvgIpc) is 2.62. The van der Waals surface area contributed by atoms with Crippen LogP contribution < -0.4 is 20.2 Å². The van der Waals surface area contributed by atoms with Crippen molar-refractivity contribution in [1.29, 1.82) is 0 Å². The quantitative estimate of drug-likeness (QED) is 0.435. The molecule has 0 heterocycles. The highest BCUT2D eigenvalue weighted by Crippen LogP contribution is 2.25. The smallest absolute Gasteiger partial charge is 0.259 e. The Labute approximate surface area is 174 Å². The molecule has 28 heavy (non-hydrogen) atoms. The summed E-state index contributed by atoms with van der Waals surface area (Å²) >= 11 is 3.37. The van der Waals surface area contributed by atoms with Crippen LogP contribution in [0.25, 0.3) is 0 Å². The maximum Gasteiger partial charge on any atom is 0.259 e. The predicted molar refractivity (Wildman–Crippen MR) is 116 cm³/mol. The van der Waals surface area contributed by atoms with E-state index in [1.54, 1.807) is 6.21 Å². The summed E-state index contributed by atoms with van der Waals surface area (Å²) in [6.45, 7) is 7.96. The van der Waals surface area contributed by atoms with E-state index in [2.05, 4.69) is 31.8 Å². The van der Waals surface area contributed by atoms with Crippen LogP contribution in [-0.2, 0) is 4.79 Å². The van der Waals surface area contributed by atoms with Crippen LogP contribution in [0.1, 0.15) is 33.3 Å². The molecule has 0 aliphatic heterocycles. The molecule has 6 nitrogen and oxygen atoms in total. The van der Waals surface area contributed by atoms with Crippen LogP contribution in [0.4, 0.5) is 5.69 Å². The third-order valence-corrected chi connectivity index (χ3v) is 3.94. The molecule has 0 unspecified atom stereocenters. The Bertz CT molecular complexity index is 805. The van der Waals surface area contributed by atoms with Gasteiger partial charge in [-0.2, -0.15) is 5.10 Å². The van der Waals surface area contributed by atoms with Gasteiger partial charge in [0.05, 0.1) is 25.0 Å². The van der Waals surface area contributed by atoms with Crippen molar-refractivity contribution in [3.63, 3.8) is 0 Å². The van der Waals surface area contributed by atoms with Gasteiger partial charge in [-0.15, -0.1) is 0 Å². The first-order chi connectivity index (χ1) is 13.3. The van der Waals surface area contributed by atoms with E-state index in [0.717, 1.165) is 21.5 Å². The fraction of sp³-hybridized carbons (Fsp3) is 0.333. The topological polar surface area (TPSA) is 72.0 Å². The lowest BCUT2D eigenvalue weighted by Gasteiger charge is -2.15. The van der Waals surface area contributed by atoms with E-state index in [0.29, 0.717) is 5.75 Å². The third-order valence-electron chi connectivity index (χ3n) is 3.41. The Morgan fingerprint density at radius 3 is 2.39 bits per heavy atom. The second-order valence-electron chi connectivity index (χ2n) is 6.69. The van der Waals surface area contributed by atoms with E-state index < -0.39 is 0 Å². The van der Waals surface area contributed by atoms with E-state index in [1.807, 2.05) is 70.2 Å². The Balaban J connectivity index is 1.95. The summed E-state index contributed by atoms with van der Waals surface area (Å²) in [5.41, 5.74) is 4.12. The molecule has 0 atom stereocenters. The van der Waals surface area contributed by atoms with Crippen molar-refractivity contribution in [2.75, 3.05) is 11.9 Å². The zero-order chi connectivity index (χ0) is 20.5. The van der Waals surface area contributed by atoms with Crippen LogP contribution >= 0.6 is 15.9 Å². The molecule has 2 rings (SSSR count). The van der Waals surface area contributed by atoms with Gasteiger partial charge in [-0.1, -0.05) is 15.9 Å². The Morgan fingerprint density at radius 2 is 1.75 bits per heavy atom. The molecule has 1 amide bonds. The number of anilines is 1. The van der Waals surface area contributed by atoms with E-state index in [4.69, 9.17) is 9.47 Å². The van der Waals surface area contributed by atoms with Crippen LogP contribution in [0.2, 0.25) is 0 Å². The summed E-state index contributed by atoms with van der Waals surface area (Å²) in [6, 6.07) is 13.1. The molecule has 150 valence electrons. The molecule has 0 saturated heterocycles. The van der Waals surface area contributed by atoms with Crippen molar-refractivity contribution in [2.45, 2.75) is 39.9 Å². The average molecular weight is 448 g/mol. The number of carbonyl (C=O) groups excluding carboxylic acids is 1. The van der Waals surface area contributed by atoms with Gasteiger partial charge in [0.15, 0.2) is 0 Å². The molecule has 0 bridgehead atoms. The normalized spacial score (nSPS) is 11.1. The molecule has 0 spiro atoms. The maximum absolute atomic E-state index is 12.0. The molecule has 0 fully saturated rings. The van der Waals surface area contributed by atoms with Crippen LogP contribution in [0, 0.1) is 0 Å². The van der Waals surface area contributed by atoms with Gasteiger partial charge in [-0.3, -0.25) is 4.79 Å². The molecule has 2 N–H and O–H groups in total. The summed E-state index contributed by atoms with van der Waals surface area (Å²) in [7, 11) is 0. The van der Waals surface area contributed by atoms with Crippen molar-refractivity contribution in [3.8, 4) is 11.5 Å². The second-order valence-corrected chi connectivity index (χ2v) is 7.60. The predicted octanol–water partition coefficient (Wildman–Crippen LogP) is 4.59. The fourth-order valence-corrected chi connectivity index (χ4v) is 2.55. The molecule has 0 saturated carbocycles. The van der Waals surface area contributed by atoms with Crippen molar-refractivity contribution in [2.24, 2.45) is 5.10 Å². The molecule has 0 aromatic heterocycles. The van der Waals surface area contributed by atoms with Gasteiger partial charge in [0.1, 0.15) is 11.5 Å². The van der Waals surface area contributed by atoms with E-state index in [-0.39, 0.29) is 24.7 Å². The number of nitrogens with zero attached hydrogens (tertiary/aromatic N) is 1. The molecule has 0 aliphatic carbocycles. The Kier molecular flexibility index (Phi) is 8.32. The van der Waals surface area contributed by atoms with Crippen LogP contribution in [0.3, 0.4) is 0 Å².